The lowest BCUT2D eigenvalue weighted by molar-refractivity contribution is -0.140. The molecule has 2 aromatic rings. The number of likely N-dealkylation sites (tertiary alicyclic amines) is 1. The number of fused-ring (bicyclic) bond motifs is 1. The van der Waals surface area contributed by atoms with Gasteiger partial charge in [-0.3, -0.25) is 4.79 Å². The van der Waals surface area contributed by atoms with E-state index in [9.17, 15) is 4.79 Å². The first-order chi connectivity index (χ1) is 14.1. The van der Waals surface area contributed by atoms with Gasteiger partial charge in [-0.25, -0.2) is 0 Å². The van der Waals surface area contributed by atoms with E-state index in [2.05, 4.69) is 57.5 Å². The van der Waals surface area contributed by atoms with Crippen LogP contribution in [0.5, 0.6) is 5.75 Å². The third-order valence-electron chi connectivity index (χ3n) is 6.31. The van der Waals surface area contributed by atoms with Crippen LogP contribution in [0.1, 0.15) is 78.7 Å². The molecule has 166 valence electrons. The van der Waals surface area contributed by atoms with Gasteiger partial charge in [-0.05, 0) is 61.1 Å². The Morgan fingerprint density at radius 2 is 2.03 bits per heavy atom. The molecule has 1 saturated heterocycles. The van der Waals surface area contributed by atoms with Gasteiger partial charge < -0.3 is 14.1 Å². The first-order valence-corrected chi connectivity index (χ1v) is 12.4. The molecular weight excluding hydrogens is 392 g/mol. The van der Waals surface area contributed by atoms with E-state index in [-0.39, 0.29) is 17.2 Å². The summed E-state index contributed by atoms with van der Waals surface area (Å²) in [6.07, 6.45) is 7.76. The summed E-state index contributed by atoms with van der Waals surface area (Å²) in [6, 6.07) is 6.70. The number of aromatic amines is 1. The molecule has 2 heterocycles. The minimum Gasteiger partial charge on any atom is -0.425 e. The maximum absolute atomic E-state index is 13.5. The van der Waals surface area contributed by atoms with Crippen LogP contribution in [-0.4, -0.2) is 34.1 Å². The highest BCUT2D eigenvalue weighted by Gasteiger charge is 2.37. The van der Waals surface area contributed by atoms with Crippen molar-refractivity contribution in [1.29, 1.82) is 0 Å². The molecule has 0 bridgehead atoms. The van der Waals surface area contributed by atoms with Crippen LogP contribution in [0.25, 0.3) is 10.9 Å². The molecule has 0 saturated carbocycles. The minimum atomic E-state index is 0.125. The van der Waals surface area contributed by atoms with Crippen LogP contribution in [0.15, 0.2) is 24.4 Å². The number of nitrogens with zero attached hydrogens (tertiary/aromatic N) is 1. The molecule has 4 atom stereocenters. The predicted molar refractivity (Wildman–Crippen MR) is 128 cm³/mol. The summed E-state index contributed by atoms with van der Waals surface area (Å²) in [5.41, 5.74) is 2.43. The standard InChI is InChI=1S/C25H38N2O2S/c1-16-11-18(3)27(19(12-16)14-25(4,5)6)23(28)13-17(2)20-15-26-21-9-8-10-22(24(20)21)29-30-7/h8-10,15-19,26H,11-14H2,1-7H3. The number of aromatic nitrogens is 1. The van der Waals surface area contributed by atoms with Crippen molar-refractivity contribution in [3.63, 3.8) is 0 Å². The summed E-state index contributed by atoms with van der Waals surface area (Å²) in [5.74, 6) is 1.95. The van der Waals surface area contributed by atoms with Crippen molar-refractivity contribution in [3.8, 4) is 5.75 Å². The molecule has 1 fully saturated rings. The Bertz CT molecular complexity index is 870. The van der Waals surface area contributed by atoms with E-state index in [1.54, 1.807) is 0 Å². The Morgan fingerprint density at radius 1 is 1.30 bits per heavy atom. The molecule has 3 rings (SSSR count). The van der Waals surface area contributed by atoms with Gasteiger partial charge in [0.1, 0.15) is 5.75 Å². The molecule has 4 unspecified atom stereocenters. The first-order valence-electron chi connectivity index (χ1n) is 11.2. The maximum Gasteiger partial charge on any atom is 0.223 e. The molecule has 1 aliphatic heterocycles. The van der Waals surface area contributed by atoms with Crippen molar-refractivity contribution < 1.29 is 8.98 Å². The number of amides is 1. The monoisotopic (exact) mass is 430 g/mol. The molecule has 4 nitrogen and oxygen atoms in total. The van der Waals surface area contributed by atoms with Crippen molar-refractivity contribution in [2.45, 2.75) is 85.2 Å². The zero-order chi connectivity index (χ0) is 22.1. The minimum absolute atomic E-state index is 0.125. The fraction of sp³-hybridized carbons (Fsp3) is 0.640. The van der Waals surface area contributed by atoms with Crippen LogP contribution >= 0.6 is 12.0 Å². The first kappa shape index (κ1) is 23.1. The van der Waals surface area contributed by atoms with Crippen molar-refractivity contribution in [2.75, 3.05) is 6.26 Å². The zero-order valence-electron chi connectivity index (χ0n) is 19.6. The Kier molecular flexibility index (Phi) is 7.11. The average molecular weight is 431 g/mol. The van der Waals surface area contributed by atoms with E-state index in [0.717, 1.165) is 41.5 Å². The zero-order valence-corrected chi connectivity index (χ0v) is 20.4. The van der Waals surface area contributed by atoms with Crippen LogP contribution in [0.4, 0.5) is 0 Å². The van der Waals surface area contributed by atoms with Crippen LogP contribution in [0, 0.1) is 11.3 Å². The molecule has 0 aliphatic carbocycles. The normalized spacial score (nSPS) is 23.6. The fourth-order valence-corrected chi connectivity index (χ4v) is 5.59. The number of piperidine rings is 1. The molecule has 5 heteroatoms. The molecule has 1 N–H and O–H groups in total. The van der Waals surface area contributed by atoms with Gasteiger partial charge in [-0.15, -0.1) is 0 Å². The second-order valence-electron chi connectivity index (χ2n) is 10.4. The average Bonchev–Trinajstić information content (AvgIpc) is 3.05. The number of carbonyl (C=O) groups excluding carboxylic acids is 1. The molecule has 0 radical (unpaired) electrons. The predicted octanol–water partition coefficient (Wildman–Crippen LogP) is 6.77. The second kappa shape index (κ2) is 9.25. The molecule has 30 heavy (non-hydrogen) atoms. The number of benzene rings is 1. The number of nitrogens with one attached hydrogen (secondary N) is 1. The largest absolute Gasteiger partial charge is 0.425 e. The molecule has 1 aromatic carbocycles. The molecule has 1 aromatic heterocycles. The molecule has 0 spiro atoms. The summed E-state index contributed by atoms with van der Waals surface area (Å²) >= 11 is 1.35. The van der Waals surface area contributed by atoms with Gasteiger partial charge in [-0.2, -0.15) is 0 Å². The van der Waals surface area contributed by atoms with E-state index in [0.29, 0.717) is 24.4 Å². The van der Waals surface area contributed by atoms with E-state index in [1.807, 2.05) is 24.6 Å². The fourth-order valence-electron chi connectivity index (χ4n) is 5.27. The summed E-state index contributed by atoms with van der Waals surface area (Å²) in [6.45, 7) is 13.6. The summed E-state index contributed by atoms with van der Waals surface area (Å²) in [7, 11) is 0. The summed E-state index contributed by atoms with van der Waals surface area (Å²) in [5, 5.41) is 1.10. The number of hydrogen-bond donors (Lipinski definition) is 1. The Labute approximate surface area is 186 Å². The molecular formula is C25H38N2O2S. The van der Waals surface area contributed by atoms with E-state index in [1.165, 1.54) is 12.0 Å². The molecule has 1 amide bonds. The van der Waals surface area contributed by atoms with E-state index in [4.69, 9.17) is 4.18 Å². The summed E-state index contributed by atoms with van der Waals surface area (Å²) in [4.78, 5) is 19.1. The lowest BCUT2D eigenvalue weighted by Gasteiger charge is -2.46. The topological polar surface area (TPSA) is 45.3 Å². The quantitative estimate of drug-likeness (QED) is 0.514. The van der Waals surface area contributed by atoms with Gasteiger partial charge in [0, 0.05) is 41.9 Å². The lowest BCUT2D eigenvalue weighted by atomic mass is 9.79. The number of H-pyrrole nitrogens is 1. The lowest BCUT2D eigenvalue weighted by Crippen LogP contribution is -2.52. The number of hydrogen-bond acceptors (Lipinski definition) is 3. The van der Waals surface area contributed by atoms with Crippen LogP contribution in [0.2, 0.25) is 0 Å². The van der Waals surface area contributed by atoms with Gasteiger partial charge >= 0.3 is 0 Å². The van der Waals surface area contributed by atoms with Crippen molar-refractivity contribution in [1.82, 2.24) is 9.88 Å². The van der Waals surface area contributed by atoms with Gasteiger partial charge in [-0.1, -0.05) is 40.7 Å². The smallest absolute Gasteiger partial charge is 0.223 e. The van der Waals surface area contributed by atoms with Crippen LogP contribution in [-0.2, 0) is 4.79 Å². The highest BCUT2D eigenvalue weighted by Crippen LogP contribution is 2.38. The molecule has 1 aliphatic rings. The number of carbonyl (C=O) groups is 1. The third kappa shape index (κ3) is 5.16. The van der Waals surface area contributed by atoms with Gasteiger partial charge in [0.05, 0.1) is 12.0 Å². The second-order valence-corrected chi connectivity index (χ2v) is 10.9. The highest BCUT2D eigenvalue weighted by molar-refractivity contribution is 7.94. The maximum atomic E-state index is 13.5. The Hall–Kier alpha value is -1.62. The number of rotatable bonds is 6. The third-order valence-corrected chi connectivity index (χ3v) is 6.65. The highest BCUT2D eigenvalue weighted by atomic mass is 32.2. The van der Waals surface area contributed by atoms with Gasteiger partial charge in [0.15, 0.2) is 0 Å². The van der Waals surface area contributed by atoms with Crippen molar-refractivity contribution in [3.05, 3.63) is 30.0 Å². The van der Waals surface area contributed by atoms with Crippen LogP contribution < -0.4 is 4.18 Å². The Morgan fingerprint density at radius 3 is 2.70 bits per heavy atom. The van der Waals surface area contributed by atoms with Crippen molar-refractivity contribution in [2.24, 2.45) is 11.3 Å². The summed E-state index contributed by atoms with van der Waals surface area (Å²) < 4.78 is 5.79. The van der Waals surface area contributed by atoms with E-state index >= 15 is 0 Å². The van der Waals surface area contributed by atoms with Crippen molar-refractivity contribution >= 4 is 28.9 Å². The van der Waals surface area contributed by atoms with Gasteiger partial charge in [0.2, 0.25) is 5.91 Å². The van der Waals surface area contributed by atoms with Crippen LogP contribution in [0.3, 0.4) is 0 Å². The van der Waals surface area contributed by atoms with Gasteiger partial charge in [0.25, 0.3) is 0 Å². The Balaban J connectivity index is 1.83. The SMILES string of the molecule is CSOc1cccc2[nH]cc(C(C)CC(=O)N3C(C)CC(C)CC3CC(C)(C)C)c12. The van der Waals surface area contributed by atoms with E-state index < -0.39 is 0 Å².